The number of hydrogen-bond donors (Lipinski definition) is 2. The Bertz CT molecular complexity index is 369. The Balaban J connectivity index is 2.56. The number of nitrogens with one attached hydrogen (secondary N) is 1. The van der Waals surface area contributed by atoms with Gasteiger partial charge in [0.2, 0.25) is 0 Å². The fourth-order valence-corrected chi connectivity index (χ4v) is 1.77. The van der Waals surface area contributed by atoms with E-state index in [2.05, 4.69) is 15.9 Å². The molecule has 0 saturated carbocycles. The molecule has 0 saturated heterocycles. The molecule has 0 unspecified atom stereocenters. The van der Waals surface area contributed by atoms with Gasteiger partial charge in [-0.05, 0) is 34.1 Å². The van der Waals surface area contributed by atoms with E-state index in [-0.39, 0.29) is 5.84 Å². The maximum Gasteiger partial charge on any atom is 0.123 e. The molecule has 0 radical (unpaired) electrons. The summed E-state index contributed by atoms with van der Waals surface area (Å²) in [4.78, 5) is 0. The number of nitrogen functional groups attached to an aromatic ring is 1. The monoisotopic (exact) mass is 286 g/mol. The van der Waals surface area contributed by atoms with Gasteiger partial charge in [-0.3, -0.25) is 5.41 Å². The molecule has 0 atom stereocenters. The highest BCUT2D eigenvalue weighted by atomic mass is 79.9. The molecule has 88 valence electrons. The highest BCUT2D eigenvalue weighted by molar-refractivity contribution is 9.10. The molecule has 0 bridgehead atoms. The van der Waals surface area contributed by atoms with Crippen molar-refractivity contribution < 1.29 is 9.47 Å². The van der Waals surface area contributed by atoms with Crippen molar-refractivity contribution in [3.05, 3.63) is 28.2 Å². The van der Waals surface area contributed by atoms with Crippen LogP contribution in [0.25, 0.3) is 0 Å². The molecule has 3 N–H and O–H groups in total. The van der Waals surface area contributed by atoms with E-state index >= 15 is 0 Å². The summed E-state index contributed by atoms with van der Waals surface area (Å²) in [7, 11) is 1.66. The maximum atomic E-state index is 7.33. The van der Waals surface area contributed by atoms with Gasteiger partial charge >= 0.3 is 0 Å². The molecule has 0 heterocycles. The number of amidine groups is 1. The summed E-state index contributed by atoms with van der Waals surface area (Å²) in [5, 5.41) is 7.33. The number of halogens is 1. The largest absolute Gasteiger partial charge is 0.493 e. The molecule has 0 aliphatic heterocycles. The molecular weight excluding hydrogens is 272 g/mol. The summed E-state index contributed by atoms with van der Waals surface area (Å²) >= 11 is 3.34. The summed E-state index contributed by atoms with van der Waals surface area (Å²) in [6.45, 7) is 1.30. The number of nitrogens with two attached hydrogens (primary N) is 1. The van der Waals surface area contributed by atoms with Crippen LogP contribution in [0.4, 0.5) is 0 Å². The third-order valence-corrected chi connectivity index (χ3v) is 2.65. The van der Waals surface area contributed by atoms with Crippen molar-refractivity contribution in [3.63, 3.8) is 0 Å². The van der Waals surface area contributed by atoms with Gasteiger partial charge in [0, 0.05) is 30.2 Å². The van der Waals surface area contributed by atoms with Gasteiger partial charge in [-0.1, -0.05) is 0 Å². The second-order valence-corrected chi connectivity index (χ2v) is 4.10. The number of benzene rings is 1. The topological polar surface area (TPSA) is 68.3 Å². The molecule has 0 aliphatic rings. The molecule has 16 heavy (non-hydrogen) atoms. The van der Waals surface area contributed by atoms with Crippen LogP contribution in [-0.4, -0.2) is 26.2 Å². The molecule has 4 nitrogen and oxygen atoms in total. The lowest BCUT2D eigenvalue weighted by molar-refractivity contribution is 0.172. The lowest BCUT2D eigenvalue weighted by Crippen LogP contribution is -2.11. The molecule has 0 aromatic heterocycles. The molecule has 1 aromatic carbocycles. The van der Waals surface area contributed by atoms with Crippen molar-refractivity contribution in [2.45, 2.75) is 6.42 Å². The van der Waals surface area contributed by atoms with Crippen molar-refractivity contribution in [1.82, 2.24) is 0 Å². The van der Waals surface area contributed by atoms with Gasteiger partial charge in [-0.15, -0.1) is 0 Å². The Morgan fingerprint density at radius 3 is 2.75 bits per heavy atom. The molecule has 0 spiro atoms. The van der Waals surface area contributed by atoms with Gasteiger partial charge in [0.05, 0.1) is 6.61 Å². The first-order chi connectivity index (χ1) is 7.65. The average molecular weight is 287 g/mol. The predicted octanol–water partition coefficient (Wildman–Crippen LogP) is 2.15. The zero-order chi connectivity index (χ0) is 12.0. The quantitative estimate of drug-likeness (QED) is 0.478. The number of ether oxygens (including phenoxy) is 2. The standard InChI is InChI=1S/C11H15BrN2O2/c1-15-5-2-6-16-8-3-4-9(11(13)14)10(12)7-8/h3-4,7H,2,5-6H2,1H3,(H3,13,14). The molecule has 0 aliphatic carbocycles. The van der Waals surface area contributed by atoms with Crippen LogP contribution < -0.4 is 10.5 Å². The maximum absolute atomic E-state index is 7.33. The molecule has 1 aromatic rings. The van der Waals surface area contributed by atoms with Gasteiger partial charge in [0.1, 0.15) is 11.6 Å². The minimum atomic E-state index is 0.0396. The SMILES string of the molecule is COCCCOc1ccc(C(=N)N)c(Br)c1. The van der Waals surface area contributed by atoms with Gasteiger partial charge in [0.15, 0.2) is 0 Å². The first kappa shape index (κ1) is 13.0. The van der Waals surface area contributed by atoms with Gasteiger partial charge < -0.3 is 15.2 Å². The zero-order valence-corrected chi connectivity index (χ0v) is 10.7. The summed E-state index contributed by atoms with van der Waals surface area (Å²) in [5.41, 5.74) is 6.07. The lowest BCUT2D eigenvalue weighted by Gasteiger charge is -2.08. The fourth-order valence-electron chi connectivity index (χ4n) is 1.20. The van der Waals surface area contributed by atoms with Crippen LogP contribution in [0.15, 0.2) is 22.7 Å². The summed E-state index contributed by atoms with van der Waals surface area (Å²) in [6, 6.07) is 5.37. The highest BCUT2D eigenvalue weighted by Gasteiger charge is 2.04. The molecule has 1 rings (SSSR count). The average Bonchev–Trinajstić information content (AvgIpc) is 2.24. The van der Waals surface area contributed by atoms with Crippen LogP contribution in [0.5, 0.6) is 5.75 Å². The Kier molecular flexibility index (Phi) is 5.28. The zero-order valence-electron chi connectivity index (χ0n) is 9.13. The van der Waals surface area contributed by atoms with E-state index in [1.165, 1.54) is 0 Å². The van der Waals surface area contributed by atoms with Crippen LogP contribution in [-0.2, 0) is 4.74 Å². The first-order valence-electron chi connectivity index (χ1n) is 4.91. The second-order valence-electron chi connectivity index (χ2n) is 3.25. The smallest absolute Gasteiger partial charge is 0.123 e. The van der Waals surface area contributed by atoms with Crippen molar-refractivity contribution in [2.24, 2.45) is 5.73 Å². The van der Waals surface area contributed by atoms with Crippen LogP contribution in [0.1, 0.15) is 12.0 Å². The van der Waals surface area contributed by atoms with E-state index in [0.29, 0.717) is 18.8 Å². The summed E-state index contributed by atoms with van der Waals surface area (Å²) in [5.74, 6) is 0.797. The molecule has 0 fully saturated rings. The number of hydrogen-bond acceptors (Lipinski definition) is 3. The Morgan fingerprint density at radius 2 is 2.19 bits per heavy atom. The lowest BCUT2D eigenvalue weighted by atomic mass is 10.2. The number of methoxy groups -OCH3 is 1. The van der Waals surface area contributed by atoms with Crippen molar-refractivity contribution in [1.29, 1.82) is 5.41 Å². The van der Waals surface area contributed by atoms with E-state index in [0.717, 1.165) is 16.6 Å². The Hall–Kier alpha value is -1.07. The van der Waals surface area contributed by atoms with E-state index in [4.69, 9.17) is 20.6 Å². The normalized spacial score (nSPS) is 10.1. The summed E-state index contributed by atoms with van der Waals surface area (Å²) < 4.78 is 11.2. The van der Waals surface area contributed by atoms with E-state index in [1.807, 2.05) is 6.07 Å². The van der Waals surface area contributed by atoms with Crippen LogP contribution >= 0.6 is 15.9 Å². The Morgan fingerprint density at radius 1 is 1.44 bits per heavy atom. The molecule has 5 heteroatoms. The van der Waals surface area contributed by atoms with Crippen molar-refractivity contribution in [2.75, 3.05) is 20.3 Å². The predicted molar refractivity (Wildman–Crippen MR) is 67.1 cm³/mol. The van der Waals surface area contributed by atoms with E-state index in [9.17, 15) is 0 Å². The van der Waals surface area contributed by atoms with E-state index in [1.54, 1.807) is 19.2 Å². The minimum absolute atomic E-state index is 0.0396. The van der Waals surface area contributed by atoms with Crippen molar-refractivity contribution >= 4 is 21.8 Å². The Labute approximate surface area is 103 Å². The fraction of sp³-hybridized carbons (Fsp3) is 0.364. The first-order valence-corrected chi connectivity index (χ1v) is 5.70. The number of rotatable bonds is 6. The van der Waals surface area contributed by atoms with Crippen LogP contribution in [0.2, 0.25) is 0 Å². The summed E-state index contributed by atoms with van der Waals surface area (Å²) in [6.07, 6.45) is 0.850. The van der Waals surface area contributed by atoms with Gasteiger partial charge in [0.25, 0.3) is 0 Å². The molecule has 0 amide bonds. The van der Waals surface area contributed by atoms with Crippen molar-refractivity contribution in [3.8, 4) is 5.75 Å². The minimum Gasteiger partial charge on any atom is -0.493 e. The third-order valence-electron chi connectivity index (χ3n) is 1.99. The molecular formula is C11H15BrN2O2. The van der Waals surface area contributed by atoms with E-state index < -0.39 is 0 Å². The second kappa shape index (κ2) is 6.50. The van der Waals surface area contributed by atoms with Crippen LogP contribution in [0, 0.1) is 5.41 Å². The van der Waals surface area contributed by atoms with Gasteiger partial charge in [-0.25, -0.2) is 0 Å². The third kappa shape index (κ3) is 3.83. The van der Waals surface area contributed by atoms with Crippen LogP contribution in [0.3, 0.4) is 0 Å². The van der Waals surface area contributed by atoms with Gasteiger partial charge in [-0.2, -0.15) is 0 Å². The highest BCUT2D eigenvalue weighted by Crippen LogP contribution is 2.22.